The highest BCUT2D eigenvalue weighted by molar-refractivity contribution is 6.08. The Bertz CT molecular complexity index is 751. The Morgan fingerprint density at radius 1 is 1.00 bits per heavy atom. The Balaban J connectivity index is 1.95. The van der Waals surface area contributed by atoms with Crippen LogP contribution >= 0.6 is 0 Å². The van der Waals surface area contributed by atoms with Gasteiger partial charge < -0.3 is 19.9 Å². The van der Waals surface area contributed by atoms with Gasteiger partial charge in [0.1, 0.15) is 5.75 Å². The fourth-order valence-electron chi connectivity index (χ4n) is 2.80. The zero-order chi connectivity index (χ0) is 19.6. The molecule has 0 unspecified atom stereocenters. The molecule has 0 aliphatic carbocycles. The van der Waals surface area contributed by atoms with Crippen molar-refractivity contribution in [1.82, 2.24) is 15.2 Å². The van der Waals surface area contributed by atoms with Crippen LogP contribution in [0, 0.1) is 0 Å². The fraction of sp³-hybridized carbons (Fsp3) is 0.429. The van der Waals surface area contributed by atoms with E-state index < -0.39 is 0 Å². The van der Waals surface area contributed by atoms with E-state index in [-0.39, 0.29) is 18.1 Å². The molecule has 146 valence electrons. The summed E-state index contributed by atoms with van der Waals surface area (Å²) in [7, 11) is 1.81. The fourth-order valence-corrected chi connectivity index (χ4v) is 2.80. The number of hydrogen-bond acceptors (Lipinski definition) is 4. The lowest BCUT2D eigenvalue weighted by Gasteiger charge is -2.09. The van der Waals surface area contributed by atoms with E-state index >= 15 is 0 Å². The molecule has 0 saturated heterocycles. The first-order valence-corrected chi connectivity index (χ1v) is 9.46. The van der Waals surface area contributed by atoms with Crippen molar-refractivity contribution < 1.29 is 14.3 Å². The predicted octanol–water partition coefficient (Wildman–Crippen LogP) is 2.31. The highest BCUT2D eigenvalue weighted by atomic mass is 16.5. The average molecular weight is 371 g/mol. The van der Waals surface area contributed by atoms with Crippen molar-refractivity contribution in [2.45, 2.75) is 26.7 Å². The molecule has 1 aromatic heterocycles. The molecule has 0 fully saturated rings. The Hall–Kier alpha value is -2.60. The molecular formula is C21H29N3O3. The van der Waals surface area contributed by atoms with Gasteiger partial charge in [-0.05, 0) is 56.3 Å². The summed E-state index contributed by atoms with van der Waals surface area (Å²) >= 11 is 0. The average Bonchev–Trinajstić information content (AvgIpc) is 3.02. The molecular weight excluding hydrogens is 342 g/mol. The van der Waals surface area contributed by atoms with E-state index in [0.29, 0.717) is 24.4 Å². The molecule has 2 aromatic rings. The molecule has 27 heavy (non-hydrogen) atoms. The van der Waals surface area contributed by atoms with Crippen molar-refractivity contribution in [3.63, 3.8) is 0 Å². The van der Waals surface area contributed by atoms with Crippen LogP contribution in [-0.2, 0) is 18.3 Å². The molecule has 2 N–H and O–H groups in total. The molecule has 1 amide bonds. The zero-order valence-electron chi connectivity index (χ0n) is 16.4. The van der Waals surface area contributed by atoms with Crippen molar-refractivity contribution in [2.24, 2.45) is 7.05 Å². The predicted molar refractivity (Wildman–Crippen MR) is 106 cm³/mol. The van der Waals surface area contributed by atoms with E-state index in [1.54, 1.807) is 34.9 Å². The third-order valence-electron chi connectivity index (χ3n) is 4.28. The molecule has 0 spiro atoms. The second-order valence-electron chi connectivity index (χ2n) is 6.33. The van der Waals surface area contributed by atoms with Crippen LogP contribution < -0.4 is 15.4 Å². The number of aromatic nitrogens is 1. The second kappa shape index (κ2) is 10.5. The van der Waals surface area contributed by atoms with Crippen LogP contribution in [-0.4, -0.2) is 42.5 Å². The maximum Gasteiger partial charge on any atom is 0.225 e. The number of amides is 1. The molecule has 0 aliphatic rings. The lowest BCUT2D eigenvalue weighted by Crippen LogP contribution is -2.33. The topological polar surface area (TPSA) is 72.4 Å². The lowest BCUT2D eigenvalue weighted by molar-refractivity contribution is -0.120. The van der Waals surface area contributed by atoms with Crippen molar-refractivity contribution >= 4 is 11.7 Å². The van der Waals surface area contributed by atoms with Crippen LogP contribution in [0.5, 0.6) is 5.75 Å². The number of nitrogens with zero attached hydrogens (tertiary/aromatic N) is 1. The summed E-state index contributed by atoms with van der Waals surface area (Å²) in [5.74, 6) is 0.622. The standard InChI is InChI=1S/C21H29N3O3/c1-4-12-22-13-14-23-20(25)15-17-8-11-19(24(17)3)21(26)16-6-9-18(10-7-16)27-5-2/h6-11,22H,4-5,12-15H2,1-3H3,(H,23,25). The number of benzene rings is 1. The number of hydrogen-bond donors (Lipinski definition) is 2. The van der Waals surface area contributed by atoms with Gasteiger partial charge in [-0.15, -0.1) is 0 Å². The number of ketones is 1. The number of ether oxygens (including phenoxy) is 1. The van der Waals surface area contributed by atoms with E-state index in [2.05, 4.69) is 17.6 Å². The van der Waals surface area contributed by atoms with Gasteiger partial charge in [0, 0.05) is 31.4 Å². The van der Waals surface area contributed by atoms with Gasteiger partial charge in [0.05, 0.1) is 18.7 Å². The van der Waals surface area contributed by atoms with Crippen molar-refractivity contribution in [3.8, 4) is 5.75 Å². The van der Waals surface area contributed by atoms with Gasteiger partial charge in [0.2, 0.25) is 11.7 Å². The monoisotopic (exact) mass is 371 g/mol. The van der Waals surface area contributed by atoms with Gasteiger partial charge in [-0.3, -0.25) is 9.59 Å². The van der Waals surface area contributed by atoms with Crippen LogP contribution in [0.25, 0.3) is 0 Å². The third-order valence-corrected chi connectivity index (χ3v) is 4.28. The van der Waals surface area contributed by atoms with E-state index in [9.17, 15) is 9.59 Å². The smallest absolute Gasteiger partial charge is 0.225 e. The normalized spacial score (nSPS) is 10.6. The summed E-state index contributed by atoms with van der Waals surface area (Å²) in [6.07, 6.45) is 1.32. The van der Waals surface area contributed by atoms with Crippen LogP contribution in [0.1, 0.15) is 42.0 Å². The SMILES string of the molecule is CCCNCCNC(=O)Cc1ccc(C(=O)c2ccc(OCC)cc2)n1C. The first-order chi connectivity index (χ1) is 13.1. The minimum atomic E-state index is -0.0732. The van der Waals surface area contributed by atoms with Gasteiger partial charge in [-0.2, -0.15) is 0 Å². The molecule has 0 aliphatic heterocycles. The quantitative estimate of drug-likeness (QED) is 0.470. The summed E-state index contributed by atoms with van der Waals surface area (Å²) in [4.78, 5) is 24.8. The van der Waals surface area contributed by atoms with E-state index in [1.807, 2.05) is 20.0 Å². The summed E-state index contributed by atoms with van der Waals surface area (Å²) in [5.41, 5.74) is 1.97. The number of carbonyl (C=O) groups excluding carboxylic acids is 2. The largest absolute Gasteiger partial charge is 0.494 e. The van der Waals surface area contributed by atoms with E-state index in [4.69, 9.17) is 4.74 Å². The molecule has 0 radical (unpaired) electrons. The Labute approximate surface area is 160 Å². The number of rotatable bonds is 11. The molecule has 2 rings (SSSR count). The minimum absolute atomic E-state index is 0.0467. The van der Waals surface area contributed by atoms with Crippen LogP contribution in [0.4, 0.5) is 0 Å². The van der Waals surface area contributed by atoms with Gasteiger partial charge in [0.25, 0.3) is 0 Å². The van der Waals surface area contributed by atoms with Gasteiger partial charge in [-0.1, -0.05) is 6.92 Å². The number of nitrogens with one attached hydrogen (secondary N) is 2. The van der Waals surface area contributed by atoms with Crippen LogP contribution in [0.15, 0.2) is 36.4 Å². The highest BCUT2D eigenvalue weighted by Gasteiger charge is 2.16. The van der Waals surface area contributed by atoms with Crippen LogP contribution in [0.2, 0.25) is 0 Å². The van der Waals surface area contributed by atoms with Gasteiger partial charge in [0.15, 0.2) is 0 Å². The van der Waals surface area contributed by atoms with Crippen molar-refractivity contribution in [1.29, 1.82) is 0 Å². The van der Waals surface area contributed by atoms with Gasteiger partial charge >= 0.3 is 0 Å². The maximum absolute atomic E-state index is 12.7. The van der Waals surface area contributed by atoms with Crippen LogP contribution in [0.3, 0.4) is 0 Å². The Morgan fingerprint density at radius 2 is 1.74 bits per heavy atom. The van der Waals surface area contributed by atoms with E-state index in [1.165, 1.54) is 0 Å². The third kappa shape index (κ3) is 5.96. The lowest BCUT2D eigenvalue weighted by atomic mass is 10.1. The van der Waals surface area contributed by atoms with E-state index in [0.717, 1.165) is 31.0 Å². The molecule has 6 heteroatoms. The molecule has 0 bridgehead atoms. The molecule has 1 aromatic carbocycles. The summed E-state index contributed by atoms with van der Waals surface area (Å²) < 4.78 is 7.19. The zero-order valence-corrected chi connectivity index (χ0v) is 16.4. The van der Waals surface area contributed by atoms with Crippen molar-refractivity contribution in [3.05, 3.63) is 53.3 Å². The first-order valence-electron chi connectivity index (χ1n) is 9.46. The Morgan fingerprint density at radius 3 is 2.41 bits per heavy atom. The first kappa shape index (κ1) is 20.7. The molecule has 0 saturated carbocycles. The minimum Gasteiger partial charge on any atom is -0.494 e. The Kier molecular flexibility index (Phi) is 8.07. The highest BCUT2D eigenvalue weighted by Crippen LogP contribution is 2.17. The molecule has 6 nitrogen and oxygen atoms in total. The van der Waals surface area contributed by atoms with Crippen molar-refractivity contribution in [2.75, 3.05) is 26.2 Å². The maximum atomic E-state index is 12.7. The summed E-state index contributed by atoms with van der Waals surface area (Å²) in [6.45, 7) is 6.92. The molecule has 1 heterocycles. The summed E-state index contributed by atoms with van der Waals surface area (Å²) in [6, 6.07) is 10.7. The molecule has 0 atom stereocenters. The second-order valence-corrected chi connectivity index (χ2v) is 6.33. The van der Waals surface area contributed by atoms with Gasteiger partial charge in [-0.25, -0.2) is 0 Å². The number of carbonyl (C=O) groups is 2. The summed E-state index contributed by atoms with van der Waals surface area (Å²) in [5, 5.41) is 6.13.